The van der Waals surface area contributed by atoms with Gasteiger partial charge in [-0.15, -0.1) is 0 Å². The zero-order chi connectivity index (χ0) is 27.0. The van der Waals surface area contributed by atoms with Gasteiger partial charge in [0, 0.05) is 25.3 Å². The van der Waals surface area contributed by atoms with Crippen molar-refractivity contribution in [3.05, 3.63) is 30.1 Å². The second-order valence-corrected chi connectivity index (χ2v) is 11.4. The highest BCUT2D eigenvalue weighted by Crippen LogP contribution is 2.47. The third-order valence-electron chi connectivity index (χ3n) is 6.43. The Balaban J connectivity index is 2.00. The average molecular weight is 545 g/mol. The third kappa shape index (κ3) is 20.9. The SMILES string of the molecule is CCCCCCCCCCCCCCCCOC[C@H](CO[P+]([O-])(O)OCC[n+]1ccc(C)cc1)OCC. The Kier molecular flexibility index (Phi) is 21.6. The first-order valence-electron chi connectivity index (χ1n) is 14.7. The highest BCUT2D eigenvalue weighted by Gasteiger charge is 2.29. The first kappa shape index (κ1) is 34.4. The van der Waals surface area contributed by atoms with Crippen molar-refractivity contribution in [2.45, 2.75) is 123 Å². The lowest BCUT2D eigenvalue weighted by Gasteiger charge is -2.22. The molecule has 37 heavy (non-hydrogen) atoms. The number of aryl methyl sites for hydroxylation is 1. The van der Waals surface area contributed by atoms with Gasteiger partial charge in [0.1, 0.15) is 12.7 Å². The monoisotopic (exact) mass is 544 g/mol. The largest absolute Gasteiger partial charge is 0.606 e. The van der Waals surface area contributed by atoms with Crippen LogP contribution < -0.4 is 9.46 Å². The van der Waals surface area contributed by atoms with Crippen LogP contribution in [-0.4, -0.2) is 44.0 Å². The summed E-state index contributed by atoms with van der Waals surface area (Å²) in [5.41, 5.74) is 1.15. The Morgan fingerprint density at radius 1 is 0.784 bits per heavy atom. The van der Waals surface area contributed by atoms with E-state index in [2.05, 4.69) is 6.92 Å². The van der Waals surface area contributed by atoms with Crippen LogP contribution in [0.5, 0.6) is 0 Å². The molecule has 1 N–H and O–H groups in total. The number of pyridine rings is 1. The molecule has 0 saturated heterocycles. The molecule has 0 bridgehead atoms. The molecule has 0 fully saturated rings. The smallest absolute Gasteiger partial charge is 0.377 e. The molecular weight excluding hydrogens is 489 g/mol. The molecule has 1 aromatic rings. The Labute approximate surface area is 227 Å². The van der Waals surface area contributed by atoms with E-state index in [4.69, 9.17) is 18.5 Å². The number of rotatable bonds is 26. The summed E-state index contributed by atoms with van der Waals surface area (Å²) in [6.07, 6.45) is 22.0. The maximum Gasteiger partial charge on any atom is 0.377 e. The molecule has 1 unspecified atom stereocenters. The molecule has 0 amide bonds. The van der Waals surface area contributed by atoms with E-state index in [9.17, 15) is 9.79 Å². The highest BCUT2D eigenvalue weighted by molar-refractivity contribution is 7.52. The summed E-state index contributed by atoms with van der Waals surface area (Å²) in [5.74, 6) is 0. The van der Waals surface area contributed by atoms with Crippen LogP contribution >= 0.6 is 8.17 Å². The van der Waals surface area contributed by atoms with Crippen LogP contribution in [0.15, 0.2) is 24.5 Å². The molecule has 0 aliphatic carbocycles. The number of hydrogen-bond acceptors (Lipinski definition) is 6. The maximum atomic E-state index is 12.2. The van der Waals surface area contributed by atoms with Crippen LogP contribution in [0.3, 0.4) is 0 Å². The van der Waals surface area contributed by atoms with Crippen molar-refractivity contribution >= 4 is 8.17 Å². The predicted molar refractivity (Wildman–Crippen MR) is 149 cm³/mol. The van der Waals surface area contributed by atoms with Crippen molar-refractivity contribution in [1.29, 1.82) is 0 Å². The predicted octanol–water partition coefficient (Wildman–Crippen LogP) is 6.25. The van der Waals surface area contributed by atoms with E-state index in [1.165, 1.54) is 83.5 Å². The van der Waals surface area contributed by atoms with Gasteiger partial charge in [-0.1, -0.05) is 90.4 Å². The summed E-state index contributed by atoms with van der Waals surface area (Å²) in [6, 6.07) is 3.95. The lowest BCUT2D eigenvalue weighted by molar-refractivity contribution is -0.697. The fourth-order valence-corrected chi connectivity index (χ4v) is 4.89. The van der Waals surface area contributed by atoms with Gasteiger partial charge in [0.25, 0.3) is 0 Å². The van der Waals surface area contributed by atoms with Crippen LogP contribution in [0.25, 0.3) is 0 Å². The van der Waals surface area contributed by atoms with Gasteiger partial charge in [-0.05, 0) is 25.8 Å². The van der Waals surface area contributed by atoms with Crippen LogP contribution in [0.2, 0.25) is 0 Å². The molecule has 0 saturated carbocycles. The number of ether oxygens (including phenoxy) is 2. The lowest BCUT2D eigenvalue weighted by Crippen LogP contribution is -2.36. The second kappa shape index (κ2) is 23.2. The van der Waals surface area contributed by atoms with Crippen LogP contribution in [0, 0.1) is 6.92 Å². The molecular formula is C29H55NO6P+. The number of phosphoric ester groups is 1. The molecule has 8 heteroatoms. The van der Waals surface area contributed by atoms with Crippen molar-refractivity contribution in [3.8, 4) is 0 Å². The van der Waals surface area contributed by atoms with Crippen molar-refractivity contribution in [2.24, 2.45) is 0 Å². The number of aromatic nitrogens is 1. The van der Waals surface area contributed by atoms with E-state index in [1.807, 2.05) is 42.9 Å². The van der Waals surface area contributed by atoms with Crippen LogP contribution in [-0.2, 0) is 25.1 Å². The zero-order valence-corrected chi connectivity index (χ0v) is 24.8. The van der Waals surface area contributed by atoms with E-state index in [0.29, 0.717) is 26.4 Å². The first-order valence-corrected chi connectivity index (χ1v) is 16.2. The van der Waals surface area contributed by atoms with Crippen molar-refractivity contribution < 1.29 is 32.9 Å². The maximum absolute atomic E-state index is 12.2. The Morgan fingerprint density at radius 2 is 1.32 bits per heavy atom. The molecule has 216 valence electrons. The van der Waals surface area contributed by atoms with Crippen molar-refractivity contribution in [2.75, 3.05) is 33.0 Å². The number of hydrogen-bond donors (Lipinski definition) is 1. The summed E-state index contributed by atoms with van der Waals surface area (Å²) in [5, 5.41) is 0. The van der Waals surface area contributed by atoms with Crippen LogP contribution in [0.4, 0.5) is 0 Å². The fraction of sp³-hybridized carbons (Fsp3) is 0.828. The Hall–Kier alpha value is -0.660. The molecule has 0 aliphatic rings. The Bertz CT molecular complexity index is 631. The molecule has 1 rings (SSSR count). The van der Waals surface area contributed by atoms with Crippen molar-refractivity contribution in [1.82, 2.24) is 0 Å². The van der Waals surface area contributed by atoms with E-state index < -0.39 is 14.3 Å². The molecule has 1 aromatic heterocycles. The van der Waals surface area contributed by atoms with E-state index in [1.54, 1.807) is 0 Å². The van der Waals surface area contributed by atoms with Gasteiger partial charge in [0.2, 0.25) is 0 Å². The molecule has 0 aliphatic heterocycles. The minimum atomic E-state index is -4.14. The van der Waals surface area contributed by atoms with Gasteiger partial charge in [0.15, 0.2) is 25.5 Å². The summed E-state index contributed by atoms with van der Waals surface area (Å²) in [7, 11) is -4.14. The minimum Gasteiger partial charge on any atom is -0.606 e. The number of unbranched alkanes of at least 4 members (excludes halogenated alkanes) is 13. The van der Waals surface area contributed by atoms with Gasteiger partial charge >= 0.3 is 8.17 Å². The second-order valence-electron chi connectivity index (χ2n) is 9.96. The summed E-state index contributed by atoms with van der Waals surface area (Å²) in [4.78, 5) is 22.2. The first-order chi connectivity index (χ1) is 18.0. The standard InChI is InChI=1S/C29H54NO6P/c1-4-6-7-8-9-10-11-12-13-14-15-16-17-18-24-33-26-29(34-5-2)27-36-37(31,32)35-25-23-30-21-19-28(3)20-22-30/h19-22,29H,4-18,23-27H2,1-3H3/p+1/t29-/m1/s1. The lowest BCUT2D eigenvalue weighted by atomic mass is 10.0. The van der Waals surface area contributed by atoms with Crippen molar-refractivity contribution in [3.63, 3.8) is 0 Å². The molecule has 1 heterocycles. The summed E-state index contributed by atoms with van der Waals surface area (Å²) in [6.45, 7) is 8.15. The van der Waals surface area contributed by atoms with E-state index in [-0.39, 0.29) is 13.2 Å². The van der Waals surface area contributed by atoms with E-state index in [0.717, 1.165) is 12.0 Å². The summed E-state index contributed by atoms with van der Waals surface area (Å²) >= 11 is 0. The number of nitrogens with zero attached hydrogens (tertiary/aromatic N) is 1. The molecule has 2 atom stereocenters. The zero-order valence-electron chi connectivity index (χ0n) is 23.9. The third-order valence-corrected chi connectivity index (χ3v) is 7.42. The molecule has 0 spiro atoms. The number of phosphoric acid groups is 1. The fourth-order valence-electron chi connectivity index (χ4n) is 4.15. The van der Waals surface area contributed by atoms with Crippen LogP contribution in [0.1, 0.15) is 109 Å². The molecule has 0 radical (unpaired) electrons. The van der Waals surface area contributed by atoms with Gasteiger partial charge in [0.05, 0.1) is 6.61 Å². The van der Waals surface area contributed by atoms with Gasteiger partial charge < -0.3 is 14.4 Å². The normalized spacial score (nSPS) is 14.1. The van der Waals surface area contributed by atoms with Gasteiger partial charge in [-0.25, -0.2) is 4.57 Å². The van der Waals surface area contributed by atoms with E-state index >= 15 is 0 Å². The Morgan fingerprint density at radius 3 is 1.86 bits per heavy atom. The topological polar surface area (TPSA) is 84.1 Å². The molecule has 7 nitrogen and oxygen atoms in total. The highest BCUT2D eigenvalue weighted by atomic mass is 31.2. The molecule has 0 aromatic carbocycles. The summed E-state index contributed by atoms with van der Waals surface area (Å²) < 4.78 is 23.5. The average Bonchev–Trinajstić information content (AvgIpc) is 2.88. The van der Waals surface area contributed by atoms with Gasteiger partial charge in [-0.3, -0.25) is 0 Å². The quantitative estimate of drug-likeness (QED) is 0.0843. The minimum absolute atomic E-state index is 0.0436. The van der Waals surface area contributed by atoms with Gasteiger partial charge in [-0.2, -0.15) is 13.9 Å².